The summed E-state index contributed by atoms with van der Waals surface area (Å²) >= 11 is 0. The van der Waals surface area contributed by atoms with Crippen LogP contribution >= 0.6 is 0 Å². The molecule has 4 rings (SSSR count). The number of likely N-dealkylation sites (tertiary alicyclic amines) is 1. The lowest BCUT2D eigenvalue weighted by Gasteiger charge is -2.32. The van der Waals surface area contributed by atoms with Crippen molar-refractivity contribution in [2.45, 2.75) is 33.2 Å². The molecule has 1 N–H and O–H groups in total. The summed E-state index contributed by atoms with van der Waals surface area (Å²) in [5.74, 6) is 1.64. The third-order valence-corrected chi connectivity index (χ3v) is 5.57. The number of imidazole rings is 1. The number of hydrogen-bond donors (Lipinski definition) is 1. The first-order chi connectivity index (χ1) is 13.1. The number of amides is 2. The van der Waals surface area contributed by atoms with E-state index in [-0.39, 0.29) is 6.03 Å². The standard InChI is InChI=1S/C22H26N4O/c1-16-7-3-4-8-19(16)24-22(27)25-13-11-18(12-14-25)15-26-17(2)23-20-9-5-6-10-21(20)26/h3-10,18H,11-15H2,1-2H3,(H,24,27). The Kier molecular flexibility index (Phi) is 4.84. The van der Waals surface area contributed by atoms with Crippen LogP contribution in [0, 0.1) is 19.8 Å². The van der Waals surface area contributed by atoms with Crippen molar-refractivity contribution in [2.75, 3.05) is 18.4 Å². The lowest BCUT2D eigenvalue weighted by Crippen LogP contribution is -2.41. The zero-order valence-corrected chi connectivity index (χ0v) is 16.0. The van der Waals surface area contributed by atoms with Gasteiger partial charge in [-0.25, -0.2) is 9.78 Å². The lowest BCUT2D eigenvalue weighted by atomic mass is 9.96. The fourth-order valence-corrected chi connectivity index (χ4v) is 3.91. The summed E-state index contributed by atoms with van der Waals surface area (Å²) < 4.78 is 2.32. The molecule has 0 saturated carbocycles. The van der Waals surface area contributed by atoms with Crippen LogP contribution < -0.4 is 5.32 Å². The molecule has 140 valence electrons. The highest BCUT2D eigenvalue weighted by Crippen LogP contribution is 2.24. The van der Waals surface area contributed by atoms with Gasteiger partial charge in [0.1, 0.15) is 5.82 Å². The summed E-state index contributed by atoms with van der Waals surface area (Å²) in [7, 11) is 0. The molecule has 0 radical (unpaired) electrons. The third kappa shape index (κ3) is 3.68. The van der Waals surface area contributed by atoms with Gasteiger partial charge in [0.25, 0.3) is 0 Å². The van der Waals surface area contributed by atoms with Crippen molar-refractivity contribution < 1.29 is 4.79 Å². The zero-order valence-electron chi connectivity index (χ0n) is 16.0. The molecule has 0 spiro atoms. The number of anilines is 1. The van der Waals surface area contributed by atoms with Gasteiger partial charge in [-0.05, 0) is 56.4 Å². The second kappa shape index (κ2) is 7.43. The van der Waals surface area contributed by atoms with Gasteiger partial charge in [-0.3, -0.25) is 0 Å². The number of aromatic nitrogens is 2. The van der Waals surface area contributed by atoms with Gasteiger partial charge in [-0.2, -0.15) is 0 Å². The first-order valence-electron chi connectivity index (χ1n) is 9.65. The van der Waals surface area contributed by atoms with Crippen LogP contribution in [-0.2, 0) is 6.54 Å². The maximum Gasteiger partial charge on any atom is 0.321 e. The topological polar surface area (TPSA) is 50.2 Å². The second-order valence-corrected chi connectivity index (χ2v) is 7.43. The van der Waals surface area contributed by atoms with Gasteiger partial charge in [0.15, 0.2) is 0 Å². The predicted molar refractivity (Wildman–Crippen MR) is 109 cm³/mol. The highest BCUT2D eigenvalue weighted by molar-refractivity contribution is 5.90. The normalized spacial score (nSPS) is 15.3. The van der Waals surface area contributed by atoms with Crippen molar-refractivity contribution in [1.82, 2.24) is 14.5 Å². The Labute approximate surface area is 160 Å². The molecule has 0 atom stereocenters. The molecule has 1 aliphatic rings. The summed E-state index contributed by atoms with van der Waals surface area (Å²) in [5.41, 5.74) is 4.24. The van der Waals surface area contributed by atoms with E-state index in [1.165, 1.54) is 5.52 Å². The number of piperidine rings is 1. The Bertz CT molecular complexity index is 954. The Morgan fingerprint density at radius 1 is 1.07 bits per heavy atom. The van der Waals surface area contributed by atoms with E-state index in [0.717, 1.165) is 55.1 Å². The van der Waals surface area contributed by atoms with Crippen LogP contribution in [-0.4, -0.2) is 33.6 Å². The maximum atomic E-state index is 12.6. The van der Waals surface area contributed by atoms with Crippen LogP contribution in [0.15, 0.2) is 48.5 Å². The smallest absolute Gasteiger partial charge is 0.321 e. The van der Waals surface area contributed by atoms with E-state index in [1.807, 2.05) is 42.2 Å². The highest BCUT2D eigenvalue weighted by Gasteiger charge is 2.24. The second-order valence-electron chi connectivity index (χ2n) is 7.43. The number of benzene rings is 2. The van der Waals surface area contributed by atoms with Crippen LogP contribution in [0.25, 0.3) is 11.0 Å². The summed E-state index contributed by atoms with van der Waals surface area (Å²) in [6.07, 6.45) is 2.04. The first-order valence-corrected chi connectivity index (χ1v) is 9.65. The molecular formula is C22H26N4O. The van der Waals surface area contributed by atoms with E-state index in [4.69, 9.17) is 0 Å². The van der Waals surface area contributed by atoms with Gasteiger partial charge < -0.3 is 14.8 Å². The minimum Gasteiger partial charge on any atom is -0.328 e. The van der Waals surface area contributed by atoms with Gasteiger partial charge in [-0.1, -0.05) is 30.3 Å². The number of hydrogen-bond acceptors (Lipinski definition) is 2. The molecule has 0 bridgehead atoms. The number of para-hydroxylation sites is 3. The molecule has 3 aromatic rings. The number of rotatable bonds is 3. The van der Waals surface area contributed by atoms with Crippen LogP contribution in [0.2, 0.25) is 0 Å². The summed E-state index contributed by atoms with van der Waals surface area (Å²) in [5, 5.41) is 3.05. The Morgan fingerprint density at radius 3 is 2.56 bits per heavy atom. The van der Waals surface area contributed by atoms with Gasteiger partial charge >= 0.3 is 6.03 Å². The molecule has 1 saturated heterocycles. The molecule has 5 nitrogen and oxygen atoms in total. The van der Waals surface area contributed by atoms with Crippen molar-refractivity contribution >= 4 is 22.8 Å². The number of carbonyl (C=O) groups excluding carboxylic acids is 1. The van der Waals surface area contributed by atoms with Crippen molar-refractivity contribution in [2.24, 2.45) is 5.92 Å². The number of fused-ring (bicyclic) bond motifs is 1. The molecule has 0 aliphatic carbocycles. The fraction of sp³-hybridized carbons (Fsp3) is 0.364. The number of urea groups is 1. The first kappa shape index (κ1) is 17.6. The SMILES string of the molecule is Cc1ccccc1NC(=O)N1CCC(Cn2c(C)nc3ccccc32)CC1. The fourth-order valence-electron chi connectivity index (χ4n) is 3.91. The average molecular weight is 362 g/mol. The maximum absolute atomic E-state index is 12.6. The summed E-state index contributed by atoms with van der Waals surface area (Å²) in [6, 6.07) is 16.2. The monoisotopic (exact) mass is 362 g/mol. The molecule has 0 unspecified atom stereocenters. The molecule has 5 heteroatoms. The van der Waals surface area contributed by atoms with Gasteiger partial charge in [0.2, 0.25) is 0 Å². The lowest BCUT2D eigenvalue weighted by molar-refractivity contribution is 0.177. The van der Waals surface area contributed by atoms with E-state index in [0.29, 0.717) is 5.92 Å². The van der Waals surface area contributed by atoms with E-state index < -0.39 is 0 Å². The molecule has 2 heterocycles. The van der Waals surface area contributed by atoms with Gasteiger partial charge in [0.05, 0.1) is 11.0 Å². The number of aryl methyl sites for hydroxylation is 2. The molecule has 2 amide bonds. The van der Waals surface area contributed by atoms with Gasteiger partial charge in [-0.15, -0.1) is 0 Å². The zero-order chi connectivity index (χ0) is 18.8. The van der Waals surface area contributed by atoms with Crippen LogP contribution in [0.1, 0.15) is 24.2 Å². The van der Waals surface area contributed by atoms with E-state index in [9.17, 15) is 4.79 Å². The highest BCUT2D eigenvalue weighted by atomic mass is 16.2. The minimum absolute atomic E-state index is 0.00649. The quantitative estimate of drug-likeness (QED) is 0.740. The number of nitrogens with one attached hydrogen (secondary N) is 1. The third-order valence-electron chi connectivity index (χ3n) is 5.57. The van der Waals surface area contributed by atoms with Gasteiger partial charge in [0, 0.05) is 25.3 Å². The molecular weight excluding hydrogens is 336 g/mol. The number of carbonyl (C=O) groups is 1. The Hall–Kier alpha value is -2.82. The van der Waals surface area contributed by atoms with Crippen molar-refractivity contribution in [1.29, 1.82) is 0 Å². The Balaban J connectivity index is 1.37. The molecule has 2 aromatic carbocycles. The van der Waals surface area contributed by atoms with E-state index in [1.54, 1.807) is 0 Å². The molecule has 1 fully saturated rings. The largest absolute Gasteiger partial charge is 0.328 e. The predicted octanol–water partition coefficient (Wildman–Crippen LogP) is 4.60. The van der Waals surface area contributed by atoms with Crippen molar-refractivity contribution in [3.63, 3.8) is 0 Å². The summed E-state index contributed by atoms with van der Waals surface area (Å²) in [4.78, 5) is 19.2. The molecule has 27 heavy (non-hydrogen) atoms. The van der Waals surface area contributed by atoms with Crippen LogP contribution in [0.3, 0.4) is 0 Å². The van der Waals surface area contributed by atoms with Crippen LogP contribution in [0.4, 0.5) is 10.5 Å². The minimum atomic E-state index is 0.00649. The van der Waals surface area contributed by atoms with Crippen molar-refractivity contribution in [3.8, 4) is 0 Å². The van der Waals surface area contributed by atoms with Crippen LogP contribution in [0.5, 0.6) is 0 Å². The molecule has 1 aliphatic heterocycles. The molecule has 1 aromatic heterocycles. The Morgan fingerprint density at radius 2 is 1.78 bits per heavy atom. The number of nitrogens with zero attached hydrogens (tertiary/aromatic N) is 3. The van der Waals surface area contributed by atoms with E-state index >= 15 is 0 Å². The summed E-state index contributed by atoms with van der Waals surface area (Å²) in [6.45, 7) is 6.66. The van der Waals surface area contributed by atoms with Crippen molar-refractivity contribution in [3.05, 3.63) is 59.9 Å². The average Bonchev–Trinajstić information content (AvgIpc) is 2.99. The van der Waals surface area contributed by atoms with E-state index in [2.05, 4.69) is 40.0 Å².